The summed E-state index contributed by atoms with van der Waals surface area (Å²) in [6, 6.07) is 4.77. The molecule has 0 radical (unpaired) electrons. The molecule has 0 fully saturated rings. The van der Waals surface area contributed by atoms with Gasteiger partial charge in [-0.25, -0.2) is 0 Å². The van der Waals surface area contributed by atoms with Crippen molar-refractivity contribution in [3.05, 3.63) is 33.9 Å². The Balaban J connectivity index is 3.29. The number of para-hydroxylation sites is 1. The third-order valence-electron chi connectivity index (χ3n) is 1.97. The molecule has 0 bridgehead atoms. The van der Waals surface area contributed by atoms with Crippen molar-refractivity contribution in [1.82, 2.24) is 0 Å². The second-order valence-corrected chi connectivity index (χ2v) is 9.37. The van der Waals surface area contributed by atoms with E-state index in [9.17, 15) is 10.1 Å². The molecule has 1 aromatic carbocycles. The molecular formula is C12H15NO3Si. The minimum absolute atomic E-state index is 0.0464. The maximum atomic E-state index is 10.8. The zero-order chi connectivity index (χ0) is 13.1. The molecule has 17 heavy (non-hydrogen) atoms. The predicted octanol–water partition coefficient (Wildman–Crippen LogP) is 2.83. The maximum Gasteiger partial charge on any atom is 0.312 e. The summed E-state index contributed by atoms with van der Waals surface area (Å²) in [5, 5.41) is 10.8. The number of rotatable bonds is 2. The van der Waals surface area contributed by atoms with E-state index in [1.54, 1.807) is 12.1 Å². The SMILES string of the molecule is COc1c(C#C[Si](C)(C)C)cccc1[N+](=O)[O-]. The first-order valence-corrected chi connectivity index (χ1v) is 8.70. The average Bonchev–Trinajstić information content (AvgIpc) is 2.24. The molecule has 1 rings (SSSR count). The molecule has 0 heterocycles. The van der Waals surface area contributed by atoms with Crippen LogP contribution in [0.15, 0.2) is 18.2 Å². The van der Waals surface area contributed by atoms with Crippen LogP contribution >= 0.6 is 0 Å². The number of nitro groups is 1. The van der Waals surface area contributed by atoms with Crippen LogP contribution in [-0.2, 0) is 0 Å². The highest BCUT2D eigenvalue weighted by Crippen LogP contribution is 2.29. The molecule has 0 saturated carbocycles. The lowest BCUT2D eigenvalue weighted by atomic mass is 10.2. The Bertz CT molecular complexity index is 495. The fourth-order valence-electron chi connectivity index (χ4n) is 1.24. The lowest BCUT2D eigenvalue weighted by Crippen LogP contribution is -2.16. The van der Waals surface area contributed by atoms with E-state index in [-0.39, 0.29) is 11.4 Å². The highest BCUT2D eigenvalue weighted by molar-refractivity contribution is 6.83. The topological polar surface area (TPSA) is 52.4 Å². The number of methoxy groups -OCH3 is 1. The van der Waals surface area contributed by atoms with Crippen molar-refractivity contribution in [1.29, 1.82) is 0 Å². The lowest BCUT2D eigenvalue weighted by molar-refractivity contribution is -0.385. The van der Waals surface area contributed by atoms with Crippen LogP contribution in [0.3, 0.4) is 0 Å². The third kappa shape index (κ3) is 3.61. The fraction of sp³-hybridized carbons (Fsp3) is 0.333. The first-order valence-electron chi connectivity index (χ1n) is 5.20. The Hall–Kier alpha value is -1.80. The average molecular weight is 249 g/mol. The number of hydrogen-bond donors (Lipinski definition) is 0. The molecule has 0 aliphatic carbocycles. The van der Waals surface area contributed by atoms with Gasteiger partial charge in [0.05, 0.1) is 17.6 Å². The van der Waals surface area contributed by atoms with Gasteiger partial charge in [0.1, 0.15) is 8.07 Å². The van der Waals surface area contributed by atoms with Crippen LogP contribution in [-0.4, -0.2) is 20.1 Å². The summed E-state index contributed by atoms with van der Waals surface area (Å²) in [4.78, 5) is 10.4. The van der Waals surface area contributed by atoms with Crippen LogP contribution in [0.2, 0.25) is 19.6 Å². The predicted molar refractivity (Wildman–Crippen MR) is 69.9 cm³/mol. The highest BCUT2D eigenvalue weighted by Gasteiger charge is 2.17. The molecule has 90 valence electrons. The van der Waals surface area contributed by atoms with Gasteiger partial charge in [-0.2, -0.15) is 0 Å². The monoisotopic (exact) mass is 249 g/mol. The Labute approximate surface area is 102 Å². The number of benzene rings is 1. The van der Waals surface area contributed by atoms with Gasteiger partial charge in [-0.1, -0.05) is 31.6 Å². The molecule has 0 atom stereocenters. The molecule has 0 saturated heterocycles. The van der Waals surface area contributed by atoms with Gasteiger partial charge in [-0.05, 0) is 6.07 Å². The smallest absolute Gasteiger partial charge is 0.312 e. The zero-order valence-electron chi connectivity index (χ0n) is 10.4. The summed E-state index contributed by atoms with van der Waals surface area (Å²) >= 11 is 0. The normalized spacial score (nSPS) is 10.4. The van der Waals surface area contributed by atoms with Gasteiger partial charge in [0, 0.05) is 6.07 Å². The second kappa shape index (κ2) is 5.02. The van der Waals surface area contributed by atoms with Gasteiger partial charge in [-0.15, -0.1) is 5.54 Å². The summed E-state index contributed by atoms with van der Waals surface area (Å²) in [5.41, 5.74) is 3.69. The fourth-order valence-corrected chi connectivity index (χ4v) is 1.75. The number of nitrogens with zero attached hydrogens (tertiary/aromatic N) is 1. The molecule has 1 aromatic rings. The Morgan fingerprint density at radius 1 is 1.35 bits per heavy atom. The van der Waals surface area contributed by atoms with Crippen LogP contribution in [0.1, 0.15) is 5.56 Å². The Morgan fingerprint density at radius 2 is 2.00 bits per heavy atom. The highest BCUT2D eigenvalue weighted by atomic mass is 28.3. The molecule has 0 aliphatic heterocycles. The molecule has 0 aromatic heterocycles. The molecule has 0 amide bonds. The molecule has 5 heteroatoms. The summed E-state index contributed by atoms with van der Waals surface area (Å²) in [6.07, 6.45) is 0. The number of hydrogen-bond acceptors (Lipinski definition) is 3. The van der Waals surface area contributed by atoms with Crippen molar-refractivity contribution in [3.63, 3.8) is 0 Å². The van der Waals surface area contributed by atoms with Crippen LogP contribution in [0.5, 0.6) is 5.75 Å². The van der Waals surface area contributed by atoms with Gasteiger partial charge < -0.3 is 4.74 Å². The van der Waals surface area contributed by atoms with E-state index in [1.165, 1.54) is 13.2 Å². The zero-order valence-corrected chi connectivity index (χ0v) is 11.4. The van der Waals surface area contributed by atoms with E-state index in [0.29, 0.717) is 5.56 Å². The first-order chi connectivity index (χ1) is 7.85. The van der Waals surface area contributed by atoms with Crippen molar-refractivity contribution in [3.8, 4) is 17.2 Å². The van der Waals surface area contributed by atoms with Crippen molar-refractivity contribution in [2.45, 2.75) is 19.6 Å². The maximum absolute atomic E-state index is 10.8. The van der Waals surface area contributed by atoms with E-state index < -0.39 is 13.0 Å². The van der Waals surface area contributed by atoms with Crippen LogP contribution < -0.4 is 4.74 Å². The van der Waals surface area contributed by atoms with E-state index in [2.05, 4.69) is 31.1 Å². The van der Waals surface area contributed by atoms with Crippen molar-refractivity contribution in [2.24, 2.45) is 0 Å². The van der Waals surface area contributed by atoms with Crippen LogP contribution in [0.4, 0.5) is 5.69 Å². The lowest BCUT2D eigenvalue weighted by Gasteiger charge is -2.06. The molecule has 4 nitrogen and oxygen atoms in total. The second-order valence-electron chi connectivity index (χ2n) is 4.62. The van der Waals surface area contributed by atoms with Crippen LogP contribution in [0, 0.1) is 21.6 Å². The molecule has 0 unspecified atom stereocenters. The molecule has 0 aliphatic rings. The van der Waals surface area contributed by atoms with Crippen molar-refractivity contribution >= 4 is 13.8 Å². The molecular weight excluding hydrogens is 234 g/mol. The number of ether oxygens (including phenoxy) is 1. The minimum atomic E-state index is -1.51. The summed E-state index contributed by atoms with van der Waals surface area (Å²) < 4.78 is 5.07. The Kier molecular flexibility index (Phi) is 3.92. The van der Waals surface area contributed by atoms with E-state index in [1.807, 2.05) is 0 Å². The van der Waals surface area contributed by atoms with Gasteiger partial charge in [0.25, 0.3) is 0 Å². The molecule has 0 N–H and O–H groups in total. The summed E-state index contributed by atoms with van der Waals surface area (Å²) in [5.74, 6) is 3.22. The third-order valence-corrected chi connectivity index (χ3v) is 2.84. The minimum Gasteiger partial charge on any atom is -0.489 e. The quantitative estimate of drug-likeness (QED) is 0.350. The summed E-state index contributed by atoms with van der Waals surface area (Å²) in [7, 11) is -0.0881. The van der Waals surface area contributed by atoms with Gasteiger partial charge in [0.15, 0.2) is 0 Å². The van der Waals surface area contributed by atoms with Gasteiger partial charge in [-0.3, -0.25) is 10.1 Å². The molecule has 0 spiro atoms. The van der Waals surface area contributed by atoms with Crippen molar-refractivity contribution < 1.29 is 9.66 Å². The van der Waals surface area contributed by atoms with E-state index in [4.69, 9.17) is 4.74 Å². The van der Waals surface area contributed by atoms with Crippen molar-refractivity contribution in [2.75, 3.05) is 7.11 Å². The Morgan fingerprint density at radius 3 is 2.47 bits per heavy atom. The van der Waals surface area contributed by atoms with E-state index >= 15 is 0 Å². The van der Waals surface area contributed by atoms with Gasteiger partial charge in [0.2, 0.25) is 5.75 Å². The number of nitro benzene ring substituents is 1. The standard InChI is InChI=1S/C12H15NO3Si/c1-16-12-10(8-9-17(2,3)4)6-5-7-11(12)13(14)15/h5-7H,1-4H3. The van der Waals surface area contributed by atoms with E-state index in [0.717, 1.165) is 0 Å². The first kappa shape index (κ1) is 13.3. The largest absolute Gasteiger partial charge is 0.489 e. The van der Waals surface area contributed by atoms with Crippen LogP contribution in [0.25, 0.3) is 0 Å². The summed E-state index contributed by atoms with van der Waals surface area (Å²) in [6.45, 7) is 6.34. The van der Waals surface area contributed by atoms with Gasteiger partial charge >= 0.3 is 5.69 Å².